The van der Waals surface area contributed by atoms with Gasteiger partial charge in [0.2, 0.25) is 5.91 Å². The van der Waals surface area contributed by atoms with Gasteiger partial charge < -0.3 is 15.5 Å². The van der Waals surface area contributed by atoms with Crippen molar-refractivity contribution >= 4 is 23.4 Å². The second kappa shape index (κ2) is 9.21. The van der Waals surface area contributed by atoms with Crippen LogP contribution in [0.25, 0.3) is 5.70 Å². The van der Waals surface area contributed by atoms with Crippen molar-refractivity contribution in [2.75, 3.05) is 32.7 Å². The van der Waals surface area contributed by atoms with E-state index in [9.17, 15) is 4.79 Å². The minimum Gasteiger partial charge on any atom is -0.341 e. The Balaban J connectivity index is 1.74. The second-order valence-corrected chi connectivity index (χ2v) is 8.85. The summed E-state index contributed by atoms with van der Waals surface area (Å²) in [6.45, 7) is 3.95. The van der Waals surface area contributed by atoms with Crippen molar-refractivity contribution in [1.29, 1.82) is 5.26 Å². The molecule has 2 N–H and O–H groups in total. The third-order valence-corrected chi connectivity index (χ3v) is 7.32. The highest BCUT2D eigenvalue weighted by atomic mass is 32.2. The molecule has 1 aromatic rings. The Hall–Kier alpha value is -2.01. The molecule has 3 aliphatic rings. The Kier molecular flexibility index (Phi) is 6.43. The van der Waals surface area contributed by atoms with Gasteiger partial charge in [0.15, 0.2) is 0 Å². The Morgan fingerprint density at radius 2 is 1.93 bits per heavy atom. The number of thioether (sulfide) groups is 1. The van der Waals surface area contributed by atoms with E-state index in [1.54, 1.807) is 0 Å². The summed E-state index contributed by atoms with van der Waals surface area (Å²) in [7, 11) is 0. The normalized spacial score (nSPS) is 24.6. The van der Waals surface area contributed by atoms with Gasteiger partial charge in [0, 0.05) is 26.2 Å². The monoisotopic (exact) mass is 411 g/mol. The highest BCUT2D eigenvalue weighted by Crippen LogP contribution is 2.48. The first-order valence-corrected chi connectivity index (χ1v) is 11.5. The van der Waals surface area contributed by atoms with Gasteiger partial charge in [-0.1, -0.05) is 61.4 Å². The number of carbonyl (C=O) groups is 1. The van der Waals surface area contributed by atoms with E-state index in [1.807, 2.05) is 17.8 Å². The zero-order valence-electron chi connectivity index (χ0n) is 16.8. The Labute approximate surface area is 177 Å². The third kappa shape index (κ3) is 4.02. The van der Waals surface area contributed by atoms with E-state index < -0.39 is 5.54 Å². The number of nitriles is 1. The van der Waals surface area contributed by atoms with Crippen LogP contribution in [-0.4, -0.2) is 59.5 Å². The Morgan fingerprint density at radius 3 is 2.62 bits per heavy atom. The number of nitrogens with one attached hydrogen (secondary N) is 2. The van der Waals surface area contributed by atoms with Gasteiger partial charge in [-0.15, -0.1) is 0 Å². The van der Waals surface area contributed by atoms with E-state index in [-0.39, 0.29) is 17.9 Å². The largest absolute Gasteiger partial charge is 0.341 e. The number of nitrogens with zero attached hydrogens (tertiary/aromatic N) is 3. The molecule has 1 aromatic carbocycles. The van der Waals surface area contributed by atoms with Crippen LogP contribution in [0.2, 0.25) is 0 Å². The average molecular weight is 412 g/mol. The van der Waals surface area contributed by atoms with E-state index >= 15 is 0 Å². The fourth-order valence-electron chi connectivity index (χ4n) is 4.77. The maximum absolute atomic E-state index is 13.5. The SMILES string of the molecule is N#CCNC(=O)C1(N2C(c3ccccc3)=CSC2N2CCNCC2)CCCCC1. The van der Waals surface area contributed by atoms with Crippen LogP contribution in [0, 0.1) is 11.3 Å². The topological polar surface area (TPSA) is 71.4 Å². The molecule has 154 valence electrons. The number of hydrogen-bond donors (Lipinski definition) is 2. The molecule has 1 unspecified atom stereocenters. The fraction of sp³-hybridized carbons (Fsp3) is 0.545. The van der Waals surface area contributed by atoms with Gasteiger partial charge in [-0.3, -0.25) is 9.69 Å². The Bertz CT molecular complexity index is 778. The van der Waals surface area contributed by atoms with Crippen LogP contribution in [0.15, 0.2) is 35.7 Å². The molecule has 1 saturated heterocycles. The predicted octanol–water partition coefficient (Wildman–Crippen LogP) is 2.57. The van der Waals surface area contributed by atoms with E-state index in [0.717, 1.165) is 69.5 Å². The van der Waals surface area contributed by atoms with Crippen LogP contribution < -0.4 is 10.6 Å². The molecule has 2 fully saturated rings. The first-order valence-electron chi connectivity index (χ1n) is 10.6. The molecule has 1 atom stereocenters. The summed E-state index contributed by atoms with van der Waals surface area (Å²) in [6.07, 6.45) is 4.90. The first-order chi connectivity index (χ1) is 14.3. The molecule has 0 aromatic heterocycles. The van der Waals surface area contributed by atoms with Crippen molar-refractivity contribution in [2.45, 2.75) is 43.1 Å². The molecular weight excluding hydrogens is 382 g/mol. The smallest absolute Gasteiger partial charge is 0.246 e. The van der Waals surface area contributed by atoms with Crippen LogP contribution in [0.3, 0.4) is 0 Å². The number of amides is 1. The van der Waals surface area contributed by atoms with Crippen LogP contribution in [-0.2, 0) is 4.79 Å². The van der Waals surface area contributed by atoms with Gasteiger partial charge in [-0.05, 0) is 23.8 Å². The van der Waals surface area contributed by atoms with Gasteiger partial charge in [0.05, 0.1) is 11.8 Å². The van der Waals surface area contributed by atoms with Crippen LogP contribution in [0.4, 0.5) is 0 Å². The maximum Gasteiger partial charge on any atom is 0.246 e. The lowest BCUT2D eigenvalue weighted by Crippen LogP contribution is -2.64. The standard InChI is InChI=1S/C22H29N5OS/c23-11-12-25-20(28)22(9-5-2-6-10-22)27-19(18-7-3-1-4-8-18)17-29-21(27)26-15-13-24-14-16-26/h1,3-4,7-8,17,21,24H,2,5-6,9-10,12-16H2,(H,25,28). The van der Waals surface area contributed by atoms with Crippen molar-refractivity contribution in [3.63, 3.8) is 0 Å². The van der Waals surface area contributed by atoms with Gasteiger partial charge in [-0.2, -0.15) is 5.26 Å². The molecule has 7 heteroatoms. The summed E-state index contributed by atoms with van der Waals surface area (Å²) >= 11 is 1.81. The minimum absolute atomic E-state index is 0.00298. The zero-order chi connectivity index (χ0) is 20.1. The van der Waals surface area contributed by atoms with Crippen LogP contribution in [0.1, 0.15) is 37.7 Å². The van der Waals surface area contributed by atoms with E-state index in [4.69, 9.17) is 5.26 Å². The molecule has 1 amide bonds. The van der Waals surface area contributed by atoms with E-state index in [2.05, 4.69) is 56.2 Å². The van der Waals surface area contributed by atoms with Crippen molar-refractivity contribution in [3.8, 4) is 6.07 Å². The summed E-state index contributed by atoms with van der Waals surface area (Å²) in [6, 6.07) is 12.5. The van der Waals surface area contributed by atoms with E-state index in [1.165, 1.54) is 0 Å². The lowest BCUT2D eigenvalue weighted by atomic mass is 9.78. The van der Waals surface area contributed by atoms with Gasteiger partial charge in [-0.25, -0.2) is 0 Å². The number of benzene rings is 1. The Morgan fingerprint density at radius 1 is 1.21 bits per heavy atom. The van der Waals surface area contributed by atoms with Crippen LogP contribution >= 0.6 is 11.8 Å². The summed E-state index contributed by atoms with van der Waals surface area (Å²) in [4.78, 5) is 18.4. The number of rotatable bonds is 5. The molecule has 0 bridgehead atoms. The van der Waals surface area contributed by atoms with Crippen LogP contribution in [0.5, 0.6) is 0 Å². The molecule has 4 rings (SSSR count). The average Bonchev–Trinajstić information content (AvgIpc) is 3.25. The number of hydrogen-bond acceptors (Lipinski definition) is 6. The molecule has 29 heavy (non-hydrogen) atoms. The van der Waals surface area contributed by atoms with Gasteiger partial charge in [0.1, 0.15) is 17.6 Å². The third-order valence-electron chi connectivity index (χ3n) is 6.21. The molecule has 2 aliphatic heterocycles. The molecule has 0 spiro atoms. The minimum atomic E-state index is -0.601. The molecule has 1 saturated carbocycles. The molecule has 1 aliphatic carbocycles. The van der Waals surface area contributed by atoms with Crippen molar-refractivity contribution in [3.05, 3.63) is 41.3 Å². The second-order valence-electron chi connectivity index (χ2n) is 7.92. The maximum atomic E-state index is 13.5. The zero-order valence-corrected chi connectivity index (χ0v) is 17.6. The molecule has 2 heterocycles. The molecule has 6 nitrogen and oxygen atoms in total. The molecular formula is C22H29N5OS. The number of carbonyl (C=O) groups excluding carboxylic acids is 1. The predicted molar refractivity (Wildman–Crippen MR) is 117 cm³/mol. The summed E-state index contributed by atoms with van der Waals surface area (Å²) in [5.41, 5.74) is 1.79. The highest BCUT2D eigenvalue weighted by Gasteiger charge is 2.51. The quantitative estimate of drug-likeness (QED) is 0.726. The number of piperazine rings is 1. The summed E-state index contributed by atoms with van der Waals surface area (Å²) < 4.78 is 0. The first kappa shape index (κ1) is 20.3. The molecule has 0 radical (unpaired) electrons. The van der Waals surface area contributed by atoms with E-state index in [0.29, 0.717) is 0 Å². The van der Waals surface area contributed by atoms with Crippen molar-refractivity contribution < 1.29 is 4.79 Å². The summed E-state index contributed by atoms with van der Waals surface area (Å²) in [5, 5.41) is 17.6. The van der Waals surface area contributed by atoms with Crippen molar-refractivity contribution in [2.24, 2.45) is 0 Å². The summed E-state index contributed by atoms with van der Waals surface area (Å²) in [5.74, 6) is 0.00298. The van der Waals surface area contributed by atoms with Crippen molar-refractivity contribution in [1.82, 2.24) is 20.4 Å². The van der Waals surface area contributed by atoms with Gasteiger partial charge >= 0.3 is 0 Å². The van der Waals surface area contributed by atoms with Gasteiger partial charge in [0.25, 0.3) is 0 Å². The highest BCUT2D eigenvalue weighted by molar-refractivity contribution is 8.03. The lowest BCUT2D eigenvalue weighted by Gasteiger charge is -2.50. The fourth-order valence-corrected chi connectivity index (χ4v) is 6.09. The lowest BCUT2D eigenvalue weighted by molar-refractivity contribution is -0.135.